The maximum atomic E-state index is 12.8. The van der Waals surface area contributed by atoms with E-state index in [0.717, 1.165) is 28.4 Å². The van der Waals surface area contributed by atoms with Crippen LogP contribution >= 0.6 is 23.2 Å². The van der Waals surface area contributed by atoms with Gasteiger partial charge in [-0.15, -0.1) is 0 Å². The van der Waals surface area contributed by atoms with E-state index in [1.54, 1.807) is 24.3 Å². The number of carbonyl (C=O) groups is 1. The third-order valence-corrected chi connectivity index (χ3v) is 4.88. The van der Waals surface area contributed by atoms with Crippen LogP contribution in [0.15, 0.2) is 66.9 Å². The van der Waals surface area contributed by atoms with Gasteiger partial charge in [-0.3, -0.25) is 0 Å². The number of urea groups is 1. The molecule has 0 saturated carbocycles. The molecule has 0 aliphatic heterocycles. The Kier molecular flexibility index (Phi) is 7.01. The lowest BCUT2D eigenvalue weighted by molar-refractivity contribution is 0.208. The van der Waals surface area contributed by atoms with Gasteiger partial charge in [0.15, 0.2) is 0 Å². The normalized spacial score (nSPS) is 10.7. The van der Waals surface area contributed by atoms with Gasteiger partial charge in [0.1, 0.15) is 0 Å². The highest BCUT2D eigenvalue weighted by Gasteiger charge is 2.15. The van der Waals surface area contributed by atoms with Crippen molar-refractivity contribution in [3.8, 4) is 0 Å². The first kappa shape index (κ1) is 20.3. The van der Waals surface area contributed by atoms with Gasteiger partial charge >= 0.3 is 6.03 Å². The molecule has 1 aromatic heterocycles. The molecule has 6 heteroatoms. The summed E-state index contributed by atoms with van der Waals surface area (Å²) in [4.78, 5) is 14.6. The minimum Gasteiger partial charge on any atom is -0.345 e. The second-order valence-corrected chi connectivity index (χ2v) is 7.49. The number of aromatic nitrogens is 1. The van der Waals surface area contributed by atoms with E-state index in [1.807, 2.05) is 47.5 Å². The number of anilines is 1. The number of rotatable bonds is 7. The van der Waals surface area contributed by atoms with Crippen LogP contribution in [0.3, 0.4) is 0 Å². The van der Waals surface area contributed by atoms with E-state index in [0.29, 0.717) is 24.7 Å². The monoisotopic (exact) mass is 415 g/mol. The second kappa shape index (κ2) is 9.67. The van der Waals surface area contributed by atoms with Gasteiger partial charge < -0.3 is 14.8 Å². The zero-order chi connectivity index (χ0) is 19.9. The van der Waals surface area contributed by atoms with Gasteiger partial charge in [-0.25, -0.2) is 4.79 Å². The summed E-state index contributed by atoms with van der Waals surface area (Å²) in [6.45, 7) is 3.97. The Morgan fingerprint density at radius 3 is 2.54 bits per heavy atom. The summed E-state index contributed by atoms with van der Waals surface area (Å²) < 4.78 is 2.14. The van der Waals surface area contributed by atoms with Crippen LogP contribution in [0.5, 0.6) is 0 Å². The average molecular weight is 416 g/mol. The molecule has 0 spiro atoms. The molecule has 2 aromatic carbocycles. The smallest absolute Gasteiger partial charge is 0.322 e. The topological polar surface area (TPSA) is 37.3 Å². The summed E-state index contributed by atoms with van der Waals surface area (Å²) in [6, 6.07) is 18.9. The molecular formula is C22H23Cl2N3O. The summed E-state index contributed by atoms with van der Waals surface area (Å²) in [6.07, 6.45) is 2.90. The summed E-state index contributed by atoms with van der Waals surface area (Å²) in [5.74, 6) is 0. The maximum absolute atomic E-state index is 12.8. The Labute approximate surface area is 175 Å². The Hall–Kier alpha value is -2.43. The minimum absolute atomic E-state index is 0.125. The molecule has 0 unspecified atom stereocenters. The van der Waals surface area contributed by atoms with E-state index in [2.05, 4.69) is 16.8 Å². The maximum Gasteiger partial charge on any atom is 0.322 e. The van der Waals surface area contributed by atoms with Gasteiger partial charge in [-0.05, 0) is 60.5 Å². The highest BCUT2D eigenvalue weighted by Crippen LogP contribution is 2.17. The molecule has 3 rings (SSSR count). The largest absolute Gasteiger partial charge is 0.345 e. The van der Waals surface area contributed by atoms with E-state index < -0.39 is 0 Å². The van der Waals surface area contributed by atoms with Crippen molar-refractivity contribution in [3.63, 3.8) is 0 Å². The number of hydrogen-bond donors (Lipinski definition) is 1. The zero-order valence-electron chi connectivity index (χ0n) is 15.7. The van der Waals surface area contributed by atoms with Gasteiger partial charge in [0.2, 0.25) is 0 Å². The minimum atomic E-state index is -0.125. The second-order valence-electron chi connectivity index (χ2n) is 6.62. The fourth-order valence-corrected chi connectivity index (χ4v) is 3.37. The lowest BCUT2D eigenvalue weighted by Crippen LogP contribution is -2.35. The predicted molar refractivity (Wildman–Crippen MR) is 116 cm³/mol. The average Bonchev–Trinajstić information content (AvgIpc) is 3.10. The molecule has 0 bridgehead atoms. The molecule has 0 atom stereocenters. The van der Waals surface area contributed by atoms with Crippen molar-refractivity contribution in [2.24, 2.45) is 0 Å². The highest BCUT2D eigenvalue weighted by molar-refractivity contribution is 6.30. The standard InChI is InChI=1S/C22H23Cl2N3O/c1-2-12-27(22(28)25-20-10-8-18(23)9-11-20)16-21-7-4-13-26(21)15-17-5-3-6-19(24)14-17/h3-11,13-14H,2,12,15-16H2,1H3,(H,25,28). The first-order chi connectivity index (χ1) is 13.5. The molecule has 0 radical (unpaired) electrons. The van der Waals surface area contributed by atoms with Gasteiger partial charge in [-0.2, -0.15) is 0 Å². The third-order valence-electron chi connectivity index (χ3n) is 4.39. The number of carbonyl (C=O) groups excluding carboxylic acids is 1. The quantitative estimate of drug-likeness (QED) is 0.483. The van der Waals surface area contributed by atoms with Gasteiger partial charge in [-0.1, -0.05) is 42.3 Å². The molecule has 1 heterocycles. The van der Waals surface area contributed by atoms with Crippen LogP contribution in [0.1, 0.15) is 24.6 Å². The van der Waals surface area contributed by atoms with E-state index in [4.69, 9.17) is 23.2 Å². The predicted octanol–water partition coefficient (Wildman–Crippen LogP) is 6.29. The molecule has 1 N–H and O–H groups in total. The number of nitrogens with one attached hydrogen (secondary N) is 1. The highest BCUT2D eigenvalue weighted by atomic mass is 35.5. The van der Waals surface area contributed by atoms with E-state index in [-0.39, 0.29) is 6.03 Å². The molecular weight excluding hydrogens is 393 g/mol. The van der Waals surface area contributed by atoms with Crippen LogP contribution in [-0.2, 0) is 13.1 Å². The van der Waals surface area contributed by atoms with Crippen molar-refractivity contribution in [2.75, 3.05) is 11.9 Å². The fraction of sp³-hybridized carbons (Fsp3) is 0.227. The Bertz CT molecular complexity index is 922. The first-order valence-corrected chi connectivity index (χ1v) is 10.0. The number of nitrogens with zero attached hydrogens (tertiary/aromatic N) is 2. The summed E-state index contributed by atoms with van der Waals surface area (Å²) in [7, 11) is 0. The number of amides is 2. The van der Waals surface area contributed by atoms with E-state index >= 15 is 0 Å². The Morgan fingerprint density at radius 2 is 1.82 bits per heavy atom. The molecule has 3 aromatic rings. The summed E-state index contributed by atoms with van der Waals surface area (Å²) in [5.41, 5.74) is 2.92. The first-order valence-electron chi connectivity index (χ1n) is 9.25. The van der Waals surface area contributed by atoms with Crippen molar-refractivity contribution in [1.29, 1.82) is 0 Å². The molecule has 0 aliphatic rings. The lowest BCUT2D eigenvalue weighted by atomic mass is 10.2. The number of hydrogen-bond acceptors (Lipinski definition) is 1. The summed E-state index contributed by atoms with van der Waals surface area (Å²) >= 11 is 12.0. The fourth-order valence-electron chi connectivity index (χ4n) is 3.03. The third kappa shape index (κ3) is 5.54. The van der Waals surface area contributed by atoms with Crippen LogP contribution in [-0.4, -0.2) is 22.0 Å². The van der Waals surface area contributed by atoms with E-state index in [9.17, 15) is 4.79 Å². The number of halogens is 2. The van der Waals surface area contributed by atoms with Crippen molar-refractivity contribution in [2.45, 2.75) is 26.4 Å². The van der Waals surface area contributed by atoms with Crippen LogP contribution in [0.25, 0.3) is 0 Å². The molecule has 0 saturated heterocycles. The van der Waals surface area contributed by atoms with Crippen LogP contribution in [0, 0.1) is 0 Å². The van der Waals surface area contributed by atoms with Crippen LogP contribution in [0.4, 0.5) is 10.5 Å². The molecule has 146 valence electrons. The summed E-state index contributed by atoms with van der Waals surface area (Å²) in [5, 5.41) is 4.31. The van der Waals surface area contributed by atoms with Gasteiger partial charge in [0.25, 0.3) is 0 Å². The van der Waals surface area contributed by atoms with Crippen molar-refractivity contribution < 1.29 is 4.79 Å². The van der Waals surface area contributed by atoms with Crippen LogP contribution < -0.4 is 5.32 Å². The molecule has 28 heavy (non-hydrogen) atoms. The molecule has 0 aliphatic carbocycles. The molecule has 4 nitrogen and oxygen atoms in total. The van der Waals surface area contributed by atoms with Gasteiger partial charge in [0.05, 0.1) is 6.54 Å². The Morgan fingerprint density at radius 1 is 1.04 bits per heavy atom. The van der Waals surface area contributed by atoms with Crippen molar-refractivity contribution in [1.82, 2.24) is 9.47 Å². The number of benzene rings is 2. The Balaban J connectivity index is 1.71. The van der Waals surface area contributed by atoms with Crippen LogP contribution in [0.2, 0.25) is 10.0 Å². The zero-order valence-corrected chi connectivity index (χ0v) is 17.2. The van der Waals surface area contributed by atoms with Gasteiger partial charge in [0, 0.05) is 40.7 Å². The SMILES string of the molecule is CCCN(Cc1cccn1Cc1cccc(Cl)c1)C(=O)Nc1ccc(Cl)cc1. The molecule has 0 fully saturated rings. The van der Waals surface area contributed by atoms with Crippen molar-refractivity contribution >= 4 is 34.9 Å². The van der Waals surface area contributed by atoms with E-state index in [1.165, 1.54) is 0 Å². The lowest BCUT2D eigenvalue weighted by Gasteiger charge is -2.23. The van der Waals surface area contributed by atoms with Crippen molar-refractivity contribution in [3.05, 3.63) is 88.2 Å². The molecule has 2 amide bonds.